The Morgan fingerprint density at radius 3 is 2.60 bits per heavy atom. The summed E-state index contributed by atoms with van der Waals surface area (Å²) in [5, 5.41) is 2.70. The van der Waals surface area contributed by atoms with Gasteiger partial charge in [0, 0.05) is 17.5 Å². The van der Waals surface area contributed by atoms with Gasteiger partial charge in [0.1, 0.15) is 11.9 Å². The van der Waals surface area contributed by atoms with E-state index in [4.69, 9.17) is 4.74 Å². The third kappa shape index (κ3) is 3.94. The van der Waals surface area contributed by atoms with E-state index in [1.807, 2.05) is 36.4 Å². The normalized spacial score (nSPS) is 14.7. The van der Waals surface area contributed by atoms with E-state index < -0.39 is 17.5 Å². The first-order chi connectivity index (χ1) is 14.4. The zero-order valence-electron chi connectivity index (χ0n) is 16.2. The van der Waals surface area contributed by atoms with Crippen LogP contribution in [0.1, 0.15) is 33.2 Å². The Morgan fingerprint density at radius 1 is 1.03 bits per heavy atom. The molecule has 1 aliphatic heterocycles. The number of ketones is 1. The highest BCUT2D eigenvalue weighted by molar-refractivity contribution is 6.00. The van der Waals surface area contributed by atoms with Crippen LogP contribution < -0.4 is 10.1 Å². The molecule has 0 saturated carbocycles. The lowest BCUT2D eigenvalue weighted by Crippen LogP contribution is -2.34. The second-order valence-electron chi connectivity index (χ2n) is 7.21. The molecule has 1 atom stereocenters. The molecule has 3 aromatic carbocycles. The van der Waals surface area contributed by atoms with Crippen molar-refractivity contribution in [3.63, 3.8) is 0 Å². The molecule has 0 unspecified atom stereocenters. The third-order valence-electron chi connectivity index (χ3n) is 5.09. The minimum Gasteiger partial charge on any atom is -0.488 e. The van der Waals surface area contributed by atoms with Crippen LogP contribution in [0.4, 0.5) is 8.78 Å². The molecule has 152 valence electrons. The van der Waals surface area contributed by atoms with Crippen molar-refractivity contribution in [3.8, 4) is 16.9 Å². The van der Waals surface area contributed by atoms with Crippen molar-refractivity contribution in [2.24, 2.45) is 0 Å². The van der Waals surface area contributed by atoms with Crippen molar-refractivity contribution in [3.05, 3.63) is 89.0 Å². The van der Waals surface area contributed by atoms with Gasteiger partial charge in [0.15, 0.2) is 17.4 Å². The van der Waals surface area contributed by atoms with Gasteiger partial charge in [-0.3, -0.25) is 9.59 Å². The van der Waals surface area contributed by atoms with Crippen LogP contribution >= 0.6 is 0 Å². The molecule has 0 aliphatic carbocycles. The molecule has 30 heavy (non-hydrogen) atoms. The van der Waals surface area contributed by atoms with Gasteiger partial charge < -0.3 is 10.1 Å². The van der Waals surface area contributed by atoms with Crippen molar-refractivity contribution in [2.45, 2.75) is 19.4 Å². The maximum atomic E-state index is 13.3. The fourth-order valence-electron chi connectivity index (χ4n) is 3.59. The summed E-state index contributed by atoms with van der Waals surface area (Å²) in [5.41, 5.74) is 3.48. The van der Waals surface area contributed by atoms with E-state index in [0.29, 0.717) is 12.0 Å². The first-order valence-corrected chi connectivity index (χ1v) is 9.55. The fraction of sp³-hybridized carbons (Fsp3) is 0.167. The molecule has 0 radical (unpaired) electrons. The molecule has 0 spiro atoms. The second kappa shape index (κ2) is 8.06. The van der Waals surface area contributed by atoms with Gasteiger partial charge in [-0.15, -0.1) is 0 Å². The van der Waals surface area contributed by atoms with Crippen molar-refractivity contribution >= 4 is 11.7 Å². The molecular formula is C24H19F2NO3. The highest BCUT2D eigenvalue weighted by Crippen LogP contribution is 2.34. The molecule has 4 nitrogen and oxygen atoms in total. The van der Waals surface area contributed by atoms with Crippen molar-refractivity contribution in [1.29, 1.82) is 0 Å². The predicted octanol–water partition coefficient (Wildman–Crippen LogP) is 4.57. The number of carbonyl (C=O) groups is 2. The molecule has 1 amide bonds. The number of halogens is 2. The molecule has 1 heterocycles. The van der Waals surface area contributed by atoms with Gasteiger partial charge in [0.25, 0.3) is 5.91 Å². The van der Waals surface area contributed by atoms with E-state index in [1.165, 1.54) is 6.07 Å². The number of carbonyl (C=O) groups excluding carboxylic acids is 2. The molecule has 1 N–H and O–H groups in total. The average Bonchev–Trinajstić information content (AvgIpc) is 3.16. The van der Waals surface area contributed by atoms with Crippen LogP contribution in [0.2, 0.25) is 0 Å². The van der Waals surface area contributed by atoms with Gasteiger partial charge in [-0.1, -0.05) is 30.3 Å². The second-order valence-corrected chi connectivity index (χ2v) is 7.21. The monoisotopic (exact) mass is 407 g/mol. The summed E-state index contributed by atoms with van der Waals surface area (Å²) in [4.78, 5) is 24.1. The van der Waals surface area contributed by atoms with Crippen LogP contribution in [-0.4, -0.2) is 24.3 Å². The topological polar surface area (TPSA) is 55.4 Å². The molecule has 0 fully saturated rings. The van der Waals surface area contributed by atoms with E-state index in [9.17, 15) is 18.4 Å². The van der Waals surface area contributed by atoms with E-state index >= 15 is 0 Å². The van der Waals surface area contributed by atoms with Gasteiger partial charge in [0.05, 0.1) is 6.54 Å². The Hall–Kier alpha value is -3.54. The van der Waals surface area contributed by atoms with E-state index in [-0.39, 0.29) is 24.0 Å². The van der Waals surface area contributed by atoms with Crippen molar-refractivity contribution in [1.82, 2.24) is 5.32 Å². The van der Waals surface area contributed by atoms with Gasteiger partial charge in [-0.2, -0.15) is 0 Å². The standard InChI is InChI=1S/C24H19F2NO3/c1-14(28)19-4-2-3-5-20(19)15-7-9-23-17(10-15)11-18(30-23)13-27-24(29)16-6-8-21(25)22(26)12-16/h2-10,12,18H,11,13H2,1H3,(H,27,29)/t18-/m0/s1. The summed E-state index contributed by atoms with van der Waals surface area (Å²) in [5.74, 6) is -1.83. The summed E-state index contributed by atoms with van der Waals surface area (Å²) < 4.78 is 32.2. The minimum absolute atomic E-state index is 0.000155. The van der Waals surface area contributed by atoms with Crippen LogP contribution in [0.3, 0.4) is 0 Å². The number of rotatable bonds is 5. The Labute approximate surface area is 172 Å². The van der Waals surface area contributed by atoms with Crippen molar-refractivity contribution in [2.75, 3.05) is 6.54 Å². The molecule has 0 bridgehead atoms. The smallest absolute Gasteiger partial charge is 0.251 e. The number of hydrogen-bond acceptors (Lipinski definition) is 3. The molecule has 0 saturated heterocycles. The highest BCUT2D eigenvalue weighted by Gasteiger charge is 2.24. The van der Waals surface area contributed by atoms with Crippen LogP contribution in [0, 0.1) is 11.6 Å². The summed E-state index contributed by atoms with van der Waals surface area (Å²) in [7, 11) is 0. The Bertz CT molecular complexity index is 1140. The molecular weight excluding hydrogens is 388 g/mol. The first-order valence-electron chi connectivity index (χ1n) is 9.55. The number of benzene rings is 3. The Morgan fingerprint density at radius 2 is 1.83 bits per heavy atom. The van der Waals surface area contributed by atoms with E-state index in [0.717, 1.165) is 34.6 Å². The van der Waals surface area contributed by atoms with E-state index in [1.54, 1.807) is 13.0 Å². The zero-order valence-corrected chi connectivity index (χ0v) is 16.2. The average molecular weight is 407 g/mol. The summed E-state index contributed by atoms with van der Waals surface area (Å²) >= 11 is 0. The lowest BCUT2D eigenvalue weighted by Gasteiger charge is -2.12. The molecule has 6 heteroatoms. The maximum Gasteiger partial charge on any atom is 0.251 e. The number of Topliss-reactive ketones (excluding diaryl/α,β-unsaturated/α-hetero) is 1. The first kappa shape index (κ1) is 19.8. The number of nitrogens with one attached hydrogen (secondary N) is 1. The van der Waals surface area contributed by atoms with Gasteiger partial charge in [-0.25, -0.2) is 8.78 Å². The molecule has 4 rings (SSSR count). The molecule has 3 aromatic rings. The highest BCUT2D eigenvalue weighted by atomic mass is 19.2. The summed E-state index contributed by atoms with van der Waals surface area (Å²) in [6.07, 6.45) is 0.316. The SMILES string of the molecule is CC(=O)c1ccccc1-c1ccc2c(c1)C[C@@H](CNC(=O)c1ccc(F)c(F)c1)O2. The zero-order chi connectivity index (χ0) is 21.3. The van der Waals surface area contributed by atoms with Crippen LogP contribution in [0.5, 0.6) is 5.75 Å². The van der Waals surface area contributed by atoms with E-state index in [2.05, 4.69) is 5.32 Å². The Balaban J connectivity index is 1.45. The van der Waals surface area contributed by atoms with Crippen molar-refractivity contribution < 1.29 is 23.1 Å². The van der Waals surface area contributed by atoms with Crippen LogP contribution in [0.25, 0.3) is 11.1 Å². The van der Waals surface area contributed by atoms with Crippen LogP contribution in [-0.2, 0) is 6.42 Å². The largest absolute Gasteiger partial charge is 0.488 e. The maximum absolute atomic E-state index is 13.3. The fourth-order valence-corrected chi connectivity index (χ4v) is 3.59. The minimum atomic E-state index is -1.06. The lowest BCUT2D eigenvalue weighted by molar-refractivity contribution is 0.0932. The van der Waals surface area contributed by atoms with Gasteiger partial charge in [0.2, 0.25) is 0 Å². The predicted molar refractivity (Wildman–Crippen MR) is 109 cm³/mol. The quantitative estimate of drug-likeness (QED) is 0.631. The molecule has 0 aromatic heterocycles. The number of fused-ring (bicyclic) bond motifs is 1. The van der Waals surface area contributed by atoms with Gasteiger partial charge >= 0.3 is 0 Å². The lowest BCUT2D eigenvalue weighted by atomic mass is 9.95. The third-order valence-corrected chi connectivity index (χ3v) is 5.09. The molecule has 1 aliphatic rings. The number of hydrogen-bond donors (Lipinski definition) is 1. The van der Waals surface area contributed by atoms with Crippen LogP contribution in [0.15, 0.2) is 60.7 Å². The number of ether oxygens (including phenoxy) is 1. The summed E-state index contributed by atoms with van der Waals surface area (Å²) in [6.45, 7) is 1.77. The van der Waals surface area contributed by atoms with Gasteiger partial charge in [-0.05, 0) is 53.9 Å². The Kier molecular flexibility index (Phi) is 5.31. The number of amides is 1. The summed E-state index contributed by atoms with van der Waals surface area (Å²) in [6, 6.07) is 16.2.